The molecule has 16 heavy (non-hydrogen) atoms. The van der Waals surface area contributed by atoms with Crippen LogP contribution >= 0.6 is 11.3 Å². The lowest BCUT2D eigenvalue weighted by molar-refractivity contribution is 0.0451. The molecule has 0 spiro atoms. The van der Waals surface area contributed by atoms with E-state index in [9.17, 15) is 5.11 Å². The molecule has 1 aliphatic carbocycles. The fraction of sp³-hybridized carbons (Fsp3) is 0.692. The van der Waals surface area contributed by atoms with Crippen LogP contribution in [0.4, 0.5) is 0 Å². The lowest BCUT2D eigenvalue weighted by Gasteiger charge is -2.40. The highest BCUT2D eigenvalue weighted by atomic mass is 32.1. The van der Waals surface area contributed by atoms with Gasteiger partial charge in [0.05, 0.1) is 0 Å². The van der Waals surface area contributed by atoms with Crippen molar-refractivity contribution >= 4 is 11.3 Å². The topological polar surface area (TPSA) is 32.3 Å². The van der Waals surface area contributed by atoms with Gasteiger partial charge in [-0.1, -0.05) is 6.42 Å². The summed E-state index contributed by atoms with van der Waals surface area (Å²) in [6.45, 7) is 4.53. The first-order valence-corrected chi connectivity index (χ1v) is 6.98. The first kappa shape index (κ1) is 12.1. The molecule has 0 amide bonds. The number of nitrogens with one attached hydrogen (secondary N) is 1. The molecule has 0 unspecified atom stereocenters. The molecule has 0 saturated heterocycles. The highest BCUT2D eigenvalue weighted by Crippen LogP contribution is 2.39. The number of aliphatic hydroxyl groups is 1. The summed E-state index contributed by atoms with van der Waals surface area (Å²) < 4.78 is 0. The van der Waals surface area contributed by atoms with Crippen molar-refractivity contribution in [3.8, 4) is 0 Å². The maximum absolute atomic E-state index is 9.33. The van der Waals surface area contributed by atoms with Gasteiger partial charge in [0.15, 0.2) is 0 Å². The van der Waals surface area contributed by atoms with E-state index >= 15 is 0 Å². The molecule has 0 radical (unpaired) electrons. The molecular weight excluding hydrogens is 218 g/mol. The fourth-order valence-electron chi connectivity index (χ4n) is 2.28. The molecule has 1 aliphatic rings. The third kappa shape index (κ3) is 2.65. The smallest absolute Gasteiger partial charge is 0.0499 e. The average molecular weight is 239 g/mol. The summed E-state index contributed by atoms with van der Waals surface area (Å²) in [7, 11) is 0. The van der Waals surface area contributed by atoms with Crippen LogP contribution in [0.25, 0.3) is 0 Å². The Labute approximate surface area is 102 Å². The van der Waals surface area contributed by atoms with E-state index in [0.29, 0.717) is 6.61 Å². The van der Waals surface area contributed by atoms with Gasteiger partial charge in [-0.25, -0.2) is 0 Å². The van der Waals surface area contributed by atoms with E-state index in [1.807, 2.05) is 11.3 Å². The van der Waals surface area contributed by atoms with Gasteiger partial charge in [0, 0.05) is 23.4 Å². The Morgan fingerprint density at radius 1 is 1.50 bits per heavy atom. The van der Waals surface area contributed by atoms with Crippen molar-refractivity contribution in [2.45, 2.75) is 32.6 Å². The number of aryl methyl sites for hydroxylation is 1. The first-order valence-electron chi connectivity index (χ1n) is 6.10. The zero-order chi connectivity index (χ0) is 11.4. The molecule has 1 saturated carbocycles. The Bertz CT molecular complexity index is 325. The molecule has 1 heterocycles. The zero-order valence-corrected chi connectivity index (χ0v) is 10.8. The number of rotatable bonds is 6. The van der Waals surface area contributed by atoms with E-state index in [4.69, 9.17) is 0 Å². The highest BCUT2D eigenvalue weighted by molar-refractivity contribution is 7.10. The standard InChI is InChI=1S/C13H21NOS/c1-11-4-8-16-12(11)3-7-14-9-13(10-15)5-2-6-13/h4,8,14-15H,2-3,5-7,9-10H2,1H3. The molecule has 3 heteroatoms. The van der Waals surface area contributed by atoms with Crippen molar-refractivity contribution in [3.05, 3.63) is 21.9 Å². The lowest BCUT2D eigenvalue weighted by Crippen LogP contribution is -2.43. The second kappa shape index (κ2) is 5.30. The summed E-state index contributed by atoms with van der Waals surface area (Å²) in [6, 6.07) is 2.18. The Kier molecular flexibility index (Phi) is 4.00. The van der Waals surface area contributed by atoms with E-state index in [-0.39, 0.29) is 5.41 Å². The maximum atomic E-state index is 9.33. The van der Waals surface area contributed by atoms with Crippen molar-refractivity contribution in [2.75, 3.05) is 19.7 Å². The van der Waals surface area contributed by atoms with Gasteiger partial charge in [-0.05, 0) is 49.7 Å². The fourth-order valence-corrected chi connectivity index (χ4v) is 3.19. The van der Waals surface area contributed by atoms with Crippen LogP contribution in [0.5, 0.6) is 0 Å². The van der Waals surface area contributed by atoms with Crippen molar-refractivity contribution in [2.24, 2.45) is 5.41 Å². The Balaban J connectivity index is 1.67. The highest BCUT2D eigenvalue weighted by Gasteiger charge is 2.35. The predicted molar refractivity (Wildman–Crippen MR) is 69.0 cm³/mol. The van der Waals surface area contributed by atoms with Crippen LogP contribution in [-0.4, -0.2) is 24.8 Å². The van der Waals surface area contributed by atoms with Gasteiger partial charge in [0.2, 0.25) is 0 Å². The second-order valence-corrected chi connectivity index (χ2v) is 5.97. The monoisotopic (exact) mass is 239 g/mol. The zero-order valence-electron chi connectivity index (χ0n) is 9.96. The van der Waals surface area contributed by atoms with Gasteiger partial charge < -0.3 is 10.4 Å². The van der Waals surface area contributed by atoms with Gasteiger partial charge in [0.25, 0.3) is 0 Å². The SMILES string of the molecule is Cc1ccsc1CCNCC1(CO)CCC1. The van der Waals surface area contributed by atoms with E-state index in [1.165, 1.54) is 29.7 Å². The Hall–Kier alpha value is -0.380. The molecule has 1 fully saturated rings. The van der Waals surface area contributed by atoms with Gasteiger partial charge >= 0.3 is 0 Å². The van der Waals surface area contributed by atoms with Crippen LogP contribution < -0.4 is 5.32 Å². The first-order chi connectivity index (χ1) is 7.76. The van der Waals surface area contributed by atoms with E-state index < -0.39 is 0 Å². The van der Waals surface area contributed by atoms with Crippen LogP contribution in [-0.2, 0) is 6.42 Å². The largest absolute Gasteiger partial charge is 0.396 e. The van der Waals surface area contributed by atoms with E-state index in [2.05, 4.69) is 23.7 Å². The summed E-state index contributed by atoms with van der Waals surface area (Å²) in [6.07, 6.45) is 4.78. The minimum Gasteiger partial charge on any atom is -0.396 e. The Morgan fingerprint density at radius 3 is 2.81 bits per heavy atom. The molecule has 2 nitrogen and oxygen atoms in total. The molecule has 90 valence electrons. The predicted octanol–water partition coefficient (Wildman–Crippen LogP) is 2.35. The number of aliphatic hydroxyl groups excluding tert-OH is 1. The van der Waals surface area contributed by atoms with Crippen molar-refractivity contribution in [3.63, 3.8) is 0 Å². The van der Waals surface area contributed by atoms with Crippen molar-refractivity contribution in [1.29, 1.82) is 0 Å². The quantitative estimate of drug-likeness (QED) is 0.747. The van der Waals surface area contributed by atoms with Gasteiger partial charge in [-0.3, -0.25) is 0 Å². The molecule has 2 N–H and O–H groups in total. The van der Waals surface area contributed by atoms with Crippen molar-refractivity contribution in [1.82, 2.24) is 5.32 Å². The molecule has 0 aliphatic heterocycles. The van der Waals surface area contributed by atoms with E-state index in [0.717, 1.165) is 19.5 Å². The third-order valence-corrected chi connectivity index (χ3v) is 4.83. The molecule has 1 aromatic heterocycles. The minimum absolute atomic E-state index is 0.213. The van der Waals surface area contributed by atoms with Crippen LogP contribution in [0, 0.1) is 12.3 Å². The molecule has 0 bridgehead atoms. The summed E-state index contributed by atoms with van der Waals surface area (Å²) in [5.41, 5.74) is 1.62. The van der Waals surface area contributed by atoms with Crippen LogP contribution in [0.3, 0.4) is 0 Å². The Morgan fingerprint density at radius 2 is 2.31 bits per heavy atom. The summed E-state index contributed by atoms with van der Waals surface area (Å²) in [5.74, 6) is 0. The number of thiophene rings is 1. The lowest BCUT2D eigenvalue weighted by atomic mass is 9.69. The average Bonchev–Trinajstić information content (AvgIpc) is 2.62. The van der Waals surface area contributed by atoms with Crippen molar-refractivity contribution < 1.29 is 5.11 Å². The van der Waals surface area contributed by atoms with Gasteiger partial charge in [-0.2, -0.15) is 0 Å². The minimum atomic E-state index is 0.213. The molecule has 1 aromatic rings. The summed E-state index contributed by atoms with van der Waals surface area (Å²) >= 11 is 1.84. The number of hydrogen-bond acceptors (Lipinski definition) is 3. The molecule has 0 atom stereocenters. The summed E-state index contributed by atoms with van der Waals surface area (Å²) in [4.78, 5) is 1.49. The third-order valence-electron chi connectivity index (χ3n) is 3.75. The van der Waals surface area contributed by atoms with Crippen LogP contribution in [0.2, 0.25) is 0 Å². The van der Waals surface area contributed by atoms with Crippen LogP contribution in [0.15, 0.2) is 11.4 Å². The van der Waals surface area contributed by atoms with E-state index in [1.54, 1.807) is 0 Å². The van der Waals surface area contributed by atoms with Gasteiger partial charge in [-0.15, -0.1) is 11.3 Å². The number of hydrogen-bond donors (Lipinski definition) is 2. The molecule has 2 rings (SSSR count). The molecular formula is C13H21NOS. The normalized spacial score (nSPS) is 18.4. The molecule has 0 aromatic carbocycles. The second-order valence-electron chi connectivity index (χ2n) is 4.97. The summed E-state index contributed by atoms with van der Waals surface area (Å²) in [5, 5.41) is 15.0. The maximum Gasteiger partial charge on any atom is 0.0499 e. The van der Waals surface area contributed by atoms with Crippen LogP contribution in [0.1, 0.15) is 29.7 Å². The van der Waals surface area contributed by atoms with Gasteiger partial charge in [0.1, 0.15) is 0 Å².